The van der Waals surface area contributed by atoms with E-state index in [1.807, 2.05) is 26.0 Å². The van der Waals surface area contributed by atoms with E-state index < -0.39 is 0 Å². The zero-order chi connectivity index (χ0) is 13.8. The maximum absolute atomic E-state index is 11.6. The van der Waals surface area contributed by atoms with E-state index >= 15 is 0 Å². The van der Waals surface area contributed by atoms with E-state index in [9.17, 15) is 4.79 Å². The van der Waals surface area contributed by atoms with Crippen LogP contribution in [-0.2, 0) is 6.54 Å². The summed E-state index contributed by atoms with van der Waals surface area (Å²) in [7, 11) is 0. The van der Waals surface area contributed by atoms with Gasteiger partial charge in [0.15, 0.2) is 5.16 Å². The first-order chi connectivity index (χ1) is 9.11. The molecule has 3 N–H and O–H groups in total. The van der Waals surface area contributed by atoms with Crippen molar-refractivity contribution in [3.8, 4) is 0 Å². The molecule has 1 atom stereocenters. The van der Waals surface area contributed by atoms with Crippen LogP contribution in [0.1, 0.15) is 31.9 Å². The number of pyridine rings is 1. The molecule has 0 saturated carbocycles. The number of aromatic amines is 1. The molecule has 2 heterocycles. The van der Waals surface area contributed by atoms with Gasteiger partial charge in [0.2, 0.25) is 0 Å². The predicted molar refractivity (Wildman–Crippen MR) is 74.1 cm³/mol. The van der Waals surface area contributed by atoms with Gasteiger partial charge in [-0.3, -0.25) is 4.57 Å². The van der Waals surface area contributed by atoms with Crippen molar-refractivity contribution in [1.82, 2.24) is 19.7 Å². The molecule has 0 bridgehead atoms. The number of hydrogen-bond donors (Lipinski definition) is 2. The Bertz CT molecular complexity index is 604. The Morgan fingerprint density at radius 2 is 2.37 bits per heavy atom. The normalized spacial score (nSPS) is 12.6. The van der Waals surface area contributed by atoms with Crippen molar-refractivity contribution in [3.05, 3.63) is 34.4 Å². The maximum atomic E-state index is 11.6. The largest absolute Gasteiger partial charge is 0.343 e. The van der Waals surface area contributed by atoms with Crippen LogP contribution in [0.2, 0.25) is 0 Å². The van der Waals surface area contributed by atoms with E-state index in [1.165, 1.54) is 11.8 Å². The molecule has 2 aromatic rings. The third-order valence-electron chi connectivity index (χ3n) is 2.65. The van der Waals surface area contributed by atoms with Gasteiger partial charge >= 0.3 is 5.69 Å². The molecule has 0 amide bonds. The lowest BCUT2D eigenvalue weighted by atomic mass is 10.1. The van der Waals surface area contributed by atoms with Gasteiger partial charge in [-0.15, -0.1) is 5.10 Å². The van der Waals surface area contributed by atoms with Crippen LogP contribution in [0.4, 0.5) is 0 Å². The summed E-state index contributed by atoms with van der Waals surface area (Å²) in [5, 5.41) is 7.89. The van der Waals surface area contributed by atoms with Crippen LogP contribution < -0.4 is 11.4 Å². The summed E-state index contributed by atoms with van der Waals surface area (Å²) >= 11 is 1.36. The van der Waals surface area contributed by atoms with Gasteiger partial charge < -0.3 is 5.73 Å². The fourth-order valence-corrected chi connectivity index (χ4v) is 2.53. The third kappa shape index (κ3) is 3.24. The molecule has 0 aliphatic carbocycles. The van der Waals surface area contributed by atoms with E-state index in [4.69, 9.17) is 5.73 Å². The summed E-state index contributed by atoms with van der Waals surface area (Å²) in [4.78, 5) is 15.9. The van der Waals surface area contributed by atoms with Crippen LogP contribution in [0.3, 0.4) is 0 Å². The number of nitrogens with one attached hydrogen (secondary N) is 1. The van der Waals surface area contributed by atoms with Crippen LogP contribution in [0.5, 0.6) is 0 Å². The van der Waals surface area contributed by atoms with Crippen molar-refractivity contribution in [2.24, 2.45) is 5.73 Å². The molecule has 7 heteroatoms. The zero-order valence-corrected chi connectivity index (χ0v) is 11.8. The molecule has 0 saturated heterocycles. The highest BCUT2D eigenvalue weighted by atomic mass is 32.2. The molecule has 2 rings (SSSR count). The molecule has 0 aliphatic heterocycles. The minimum Gasteiger partial charge on any atom is -0.324 e. The Balaban J connectivity index is 2.26. The summed E-state index contributed by atoms with van der Waals surface area (Å²) in [5.74, 6) is 0. The Morgan fingerprint density at radius 3 is 3.05 bits per heavy atom. The van der Waals surface area contributed by atoms with E-state index in [2.05, 4.69) is 15.2 Å². The van der Waals surface area contributed by atoms with Gasteiger partial charge in [0.1, 0.15) is 5.03 Å². The first-order valence-corrected chi connectivity index (χ1v) is 6.98. The van der Waals surface area contributed by atoms with Crippen molar-refractivity contribution in [2.45, 2.75) is 43.0 Å². The van der Waals surface area contributed by atoms with Gasteiger partial charge in [-0.2, -0.15) is 0 Å². The van der Waals surface area contributed by atoms with E-state index in [1.54, 1.807) is 10.8 Å². The lowest BCUT2D eigenvalue weighted by Crippen LogP contribution is -2.17. The molecule has 0 aliphatic rings. The highest BCUT2D eigenvalue weighted by Gasteiger charge is 2.11. The lowest BCUT2D eigenvalue weighted by molar-refractivity contribution is 0.603. The van der Waals surface area contributed by atoms with Gasteiger partial charge in [0.05, 0.1) is 0 Å². The smallest absolute Gasteiger partial charge is 0.324 e. The number of nitrogens with zero attached hydrogens (tertiary/aromatic N) is 3. The summed E-state index contributed by atoms with van der Waals surface area (Å²) in [6.07, 6.45) is 2.59. The average molecular weight is 279 g/mol. The molecule has 102 valence electrons. The fraction of sp³-hybridized carbons (Fsp3) is 0.417. The maximum Gasteiger partial charge on any atom is 0.343 e. The highest BCUT2D eigenvalue weighted by molar-refractivity contribution is 7.99. The average Bonchev–Trinajstić information content (AvgIpc) is 2.72. The Morgan fingerprint density at radius 1 is 1.58 bits per heavy atom. The Labute approximate surface area is 115 Å². The van der Waals surface area contributed by atoms with Crippen LogP contribution in [0.15, 0.2) is 33.3 Å². The van der Waals surface area contributed by atoms with Gasteiger partial charge in [0.25, 0.3) is 0 Å². The van der Waals surface area contributed by atoms with Crippen molar-refractivity contribution >= 4 is 11.8 Å². The molecule has 0 radical (unpaired) electrons. The minimum absolute atomic E-state index is 0.0423. The van der Waals surface area contributed by atoms with Crippen LogP contribution in [0, 0.1) is 0 Å². The molecular weight excluding hydrogens is 262 g/mol. The second-order valence-electron chi connectivity index (χ2n) is 4.28. The number of hydrogen-bond acceptors (Lipinski definition) is 5. The SMILES string of the molecule is CCCn1c(Sc2cc([C@@H](C)N)ccn2)n[nH]c1=O. The summed E-state index contributed by atoms with van der Waals surface area (Å²) in [6, 6.07) is 3.77. The predicted octanol–water partition coefficient (Wildman–Crippen LogP) is 1.55. The van der Waals surface area contributed by atoms with Gasteiger partial charge in [-0.1, -0.05) is 6.92 Å². The second kappa shape index (κ2) is 6.03. The molecule has 0 fully saturated rings. The van der Waals surface area contributed by atoms with Crippen LogP contribution >= 0.6 is 11.8 Å². The van der Waals surface area contributed by atoms with E-state index in [0.717, 1.165) is 17.0 Å². The molecule has 2 aromatic heterocycles. The van der Waals surface area contributed by atoms with Crippen molar-refractivity contribution in [1.29, 1.82) is 0 Å². The monoisotopic (exact) mass is 279 g/mol. The minimum atomic E-state index is -0.187. The highest BCUT2D eigenvalue weighted by Crippen LogP contribution is 2.24. The zero-order valence-electron chi connectivity index (χ0n) is 11.0. The molecule has 19 heavy (non-hydrogen) atoms. The molecule has 6 nitrogen and oxygen atoms in total. The van der Waals surface area contributed by atoms with Crippen molar-refractivity contribution in [2.75, 3.05) is 0 Å². The van der Waals surface area contributed by atoms with E-state index in [-0.39, 0.29) is 11.7 Å². The quantitative estimate of drug-likeness (QED) is 0.866. The Kier molecular flexibility index (Phi) is 4.39. The number of H-pyrrole nitrogens is 1. The number of rotatable bonds is 5. The summed E-state index contributed by atoms with van der Waals surface area (Å²) < 4.78 is 1.62. The second-order valence-corrected chi connectivity index (χ2v) is 5.27. The fourth-order valence-electron chi connectivity index (χ4n) is 1.66. The van der Waals surface area contributed by atoms with Crippen LogP contribution in [-0.4, -0.2) is 19.7 Å². The van der Waals surface area contributed by atoms with Gasteiger partial charge in [-0.05, 0) is 42.8 Å². The topological polar surface area (TPSA) is 89.6 Å². The number of aromatic nitrogens is 4. The van der Waals surface area contributed by atoms with Crippen molar-refractivity contribution in [3.63, 3.8) is 0 Å². The summed E-state index contributed by atoms with van der Waals surface area (Å²) in [6.45, 7) is 4.58. The molecular formula is C12H17N5OS. The summed E-state index contributed by atoms with van der Waals surface area (Å²) in [5.41, 5.74) is 6.67. The third-order valence-corrected chi connectivity index (χ3v) is 3.58. The first kappa shape index (κ1) is 13.8. The van der Waals surface area contributed by atoms with Gasteiger partial charge in [0, 0.05) is 18.8 Å². The van der Waals surface area contributed by atoms with E-state index in [0.29, 0.717) is 11.7 Å². The first-order valence-electron chi connectivity index (χ1n) is 6.16. The molecule has 0 unspecified atom stereocenters. The standard InChI is InChI=1S/C12H17N5OS/c1-3-6-17-11(18)15-16-12(17)19-10-7-9(8(2)13)4-5-14-10/h4-5,7-8H,3,6,13H2,1-2H3,(H,15,18)/t8-/m1/s1. The van der Waals surface area contributed by atoms with Gasteiger partial charge in [-0.25, -0.2) is 14.9 Å². The lowest BCUT2D eigenvalue weighted by Gasteiger charge is -2.07. The van der Waals surface area contributed by atoms with Crippen molar-refractivity contribution < 1.29 is 0 Å². The Hall–Kier alpha value is -1.60. The number of nitrogens with two attached hydrogens (primary N) is 1. The van der Waals surface area contributed by atoms with Crippen LogP contribution in [0.25, 0.3) is 0 Å². The molecule has 0 spiro atoms. The molecule has 0 aromatic carbocycles.